The van der Waals surface area contributed by atoms with Gasteiger partial charge in [0.2, 0.25) is 0 Å². The third-order valence-corrected chi connectivity index (χ3v) is 2.98. The first kappa shape index (κ1) is 12.4. The maximum Gasteiger partial charge on any atom is 0.162 e. The summed E-state index contributed by atoms with van der Waals surface area (Å²) in [5, 5.41) is 0. The molecule has 1 atom stereocenters. The van der Waals surface area contributed by atoms with E-state index in [1.54, 1.807) is 0 Å². The van der Waals surface area contributed by atoms with Crippen LogP contribution in [0, 0.1) is 5.92 Å². The number of carbonyl (C=O) groups is 1. The summed E-state index contributed by atoms with van der Waals surface area (Å²) in [6.45, 7) is 3.09. The summed E-state index contributed by atoms with van der Waals surface area (Å²) in [4.78, 5) is 14.0. The fourth-order valence-electron chi connectivity index (χ4n) is 2.14. The Balaban J connectivity index is 2.45. The van der Waals surface area contributed by atoms with Crippen molar-refractivity contribution in [1.82, 2.24) is 4.90 Å². The molecular weight excluding hydrogens is 186 g/mol. The van der Waals surface area contributed by atoms with Gasteiger partial charge in [0, 0.05) is 12.5 Å². The van der Waals surface area contributed by atoms with Gasteiger partial charge in [-0.05, 0) is 38.9 Å². The lowest BCUT2D eigenvalue weighted by Crippen LogP contribution is -2.24. The normalized spacial score (nSPS) is 24.4. The highest BCUT2D eigenvalue weighted by Gasteiger charge is 2.28. The number of rotatable bonds is 5. The van der Waals surface area contributed by atoms with Gasteiger partial charge < -0.3 is 4.90 Å². The lowest BCUT2D eigenvalue weighted by molar-refractivity contribution is -0.118. The highest BCUT2D eigenvalue weighted by atomic mass is 16.1. The molecule has 15 heavy (non-hydrogen) atoms. The zero-order chi connectivity index (χ0) is 11.3. The zero-order valence-corrected chi connectivity index (χ0v) is 10.3. The molecule has 0 saturated heterocycles. The van der Waals surface area contributed by atoms with Crippen LogP contribution in [0.4, 0.5) is 0 Å². The van der Waals surface area contributed by atoms with Crippen LogP contribution < -0.4 is 0 Å². The molecule has 0 aromatic carbocycles. The average molecular weight is 209 g/mol. The predicted octanol–water partition coefficient (Wildman–Crippen LogP) is 2.64. The molecule has 2 nitrogen and oxygen atoms in total. The van der Waals surface area contributed by atoms with Crippen molar-refractivity contribution in [3.63, 3.8) is 0 Å². The molecule has 1 rings (SSSR count). The first-order valence-electron chi connectivity index (χ1n) is 6.03. The van der Waals surface area contributed by atoms with Crippen LogP contribution in [0.1, 0.15) is 39.0 Å². The first-order valence-corrected chi connectivity index (χ1v) is 6.03. The second kappa shape index (κ2) is 6.06. The lowest BCUT2D eigenvalue weighted by atomic mass is 10.1. The molecule has 2 heteroatoms. The number of Topliss-reactive ketones (excluding diaryl/α,β-unsaturated/α-hetero) is 1. The van der Waals surface area contributed by atoms with Crippen LogP contribution in [0.3, 0.4) is 0 Å². The Hall–Kier alpha value is -0.630. The topological polar surface area (TPSA) is 20.3 Å². The molecule has 1 aliphatic rings. The van der Waals surface area contributed by atoms with Crippen LogP contribution in [0.5, 0.6) is 0 Å². The molecule has 0 N–H and O–H groups in total. The monoisotopic (exact) mass is 209 g/mol. The van der Waals surface area contributed by atoms with Gasteiger partial charge in [0.15, 0.2) is 5.78 Å². The quantitative estimate of drug-likeness (QED) is 0.512. The molecule has 0 spiro atoms. The minimum Gasteiger partial charge on any atom is -0.309 e. The number of hydrogen-bond acceptors (Lipinski definition) is 2. The largest absolute Gasteiger partial charge is 0.309 e. The summed E-state index contributed by atoms with van der Waals surface area (Å²) in [5.41, 5.74) is 1.09. The number of unbranched alkanes of at least 4 members (excludes halogenated alkanes) is 2. The third kappa shape index (κ3) is 3.78. The highest BCUT2D eigenvalue weighted by molar-refractivity contribution is 5.99. The minimum atomic E-state index is 0.257. The van der Waals surface area contributed by atoms with Crippen molar-refractivity contribution in [1.29, 1.82) is 0 Å². The molecule has 0 heterocycles. The summed E-state index contributed by atoms with van der Waals surface area (Å²) in [6.07, 6.45) is 7.71. The Bertz CT molecular complexity index is 243. The second-order valence-electron chi connectivity index (χ2n) is 4.73. The summed E-state index contributed by atoms with van der Waals surface area (Å²) in [5.74, 6) is 0.660. The van der Waals surface area contributed by atoms with E-state index in [9.17, 15) is 4.79 Å². The van der Waals surface area contributed by atoms with Crippen LogP contribution in [0.15, 0.2) is 11.6 Å². The standard InChI is InChI=1S/C13H23NO/c1-4-5-6-7-11-8-9-12(13(11)15)10-14(2)3/h7,12H,4-6,8-10H2,1-3H3/b11-7+/t12-/m1/s1. The molecule has 1 saturated carbocycles. The molecule has 0 radical (unpaired) electrons. The van der Waals surface area contributed by atoms with Gasteiger partial charge in [0.25, 0.3) is 0 Å². The molecule has 86 valence electrons. The van der Waals surface area contributed by atoms with Gasteiger partial charge in [0.05, 0.1) is 0 Å². The molecule has 0 unspecified atom stereocenters. The number of hydrogen-bond donors (Lipinski definition) is 0. The van der Waals surface area contributed by atoms with Crippen LogP contribution in [-0.4, -0.2) is 31.3 Å². The van der Waals surface area contributed by atoms with Gasteiger partial charge in [-0.25, -0.2) is 0 Å². The maximum absolute atomic E-state index is 11.9. The summed E-state index contributed by atoms with van der Waals surface area (Å²) in [7, 11) is 4.07. The van der Waals surface area contributed by atoms with Gasteiger partial charge in [0.1, 0.15) is 0 Å². The number of allylic oxidation sites excluding steroid dienone is 2. The summed E-state index contributed by atoms with van der Waals surface area (Å²) >= 11 is 0. The van der Waals surface area contributed by atoms with E-state index in [2.05, 4.69) is 17.9 Å². The van der Waals surface area contributed by atoms with Crippen molar-refractivity contribution in [2.75, 3.05) is 20.6 Å². The van der Waals surface area contributed by atoms with E-state index in [0.717, 1.165) is 31.4 Å². The van der Waals surface area contributed by atoms with E-state index >= 15 is 0 Å². The van der Waals surface area contributed by atoms with E-state index in [1.165, 1.54) is 12.8 Å². The lowest BCUT2D eigenvalue weighted by Gasteiger charge is -2.13. The molecule has 0 amide bonds. The van der Waals surface area contributed by atoms with Gasteiger partial charge >= 0.3 is 0 Å². The molecular formula is C13H23NO. The zero-order valence-electron chi connectivity index (χ0n) is 10.3. The first-order chi connectivity index (χ1) is 7.15. The van der Waals surface area contributed by atoms with Crippen molar-refractivity contribution in [3.05, 3.63) is 11.6 Å². The van der Waals surface area contributed by atoms with Crippen molar-refractivity contribution in [2.45, 2.75) is 39.0 Å². The van der Waals surface area contributed by atoms with Crippen LogP contribution in [0.25, 0.3) is 0 Å². The maximum atomic E-state index is 11.9. The van der Waals surface area contributed by atoms with Crippen molar-refractivity contribution >= 4 is 5.78 Å². The van der Waals surface area contributed by atoms with Gasteiger partial charge in [-0.2, -0.15) is 0 Å². The van der Waals surface area contributed by atoms with Crippen LogP contribution >= 0.6 is 0 Å². The van der Waals surface area contributed by atoms with E-state index in [-0.39, 0.29) is 5.92 Å². The summed E-state index contributed by atoms with van der Waals surface area (Å²) < 4.78 is 0. The Labute approximate surface area is 93.3 Å². The number of nitrogens with zero attached hydrogens (tertiary/aromatic N) is 1. The number of ketones is 1. The SMILES string of the molecule is CCCC/C=C1\CC[C@H](CN(C)C)C1=O. The molecule has 1 fully saturated rings. The van der Waals surface area contributed by atoms with E-state index in [4.69, 9.17) is 0 Å². The van der Waals surface area contributed by atoms with Crippen molar-refractivity contribution in [3.8, 4) is 0 Å². The van der Waals surface area contributed by atoms with Crippen molar-refractivity contribution in [2.24, 2.45) is 5.92 Å². The molecule has 1 aliphatic carbocycles. The Morgan fingerprint density at radius 2 is 2.20 bits per heavy atom. The highest BCUT2D eigenvalue weighted by Crippen LogP contribution is 2.27. The summed E-state index contributed by atoms with van der Waals surface area (Å²) in [6, 6.07) is 0. The Morgan fingerprint density at radius 3 is 2.80 bits per heavy atom. The van der Waals surface area contributed by atoms with E-state index in [0.29, 0.717) is 5.78 Å². The van der Waals surface area contributed by atoms with Crippen molar-refractivity contribution < 1.29 is 4.79 Å². The smallest absolute Gasteiger partial charge is 0.162 e. The molecule has 0 bridgehead atoms. The fourth-order valence-corrected chi connectivity index (χ4v) is 2.14. The van der Waals surface area contributed by atoms with E-state index in [1.807, 2.05) is 14.1 Å². The van der Waals surface area contributed by atoms with E-state index < -0.39 is 0 Å². The van der Waals surface area contributed by atoms with Gasteiger partial charge in [-0.1, -0.05) is 25.8 Å². The third-order valence-electron chi connectivity index (χ3n) is 2.98. The number of carbonyl (C=O) groups excluding carboxylic acids is 1. The van der Waals surface area contributed by atoms with Gasteiger partial charge in [-0.15, -0.1) is 0 Å². The molecule has 0 aromatic rings. The van der Waals surface area contributed by atoms with Crippen LogP contribution in [0.2, 0.25) is 0 Å². The fraction of sp³-hybridized carbons (Fsp3) is 0.769. The second-order valence-corrected chi connectivity index (χ2v) is 4.73. The predicted molar refractivity (Wildman–Crippen MR) is 63.9 cm³/mol. The average Bonchev–Trinajstić information content (AvgIpc) is 2.49. The van der Waals surface area contributed by atoms with Crippen LogP contribution in [-0.2, 0) is 4.79 Å². The molecule has 0 aliphatic heterocycles. The molecule has 0 aromatic heterocycles. The Morgan fingerprint density at radius 1 is 1.47 bits per heavy atom. The Kier molecular flexibility index (Phi) is 5.03. The van der Waals surface area contributed by atoms with Gasteiger partial charge in [-0.3, -0.25) is 4.79 Å². The minimum absolute atomic E-state index is 0.257.